The van der Waals surface area contributed by atoms with Gasteiger partial charge in [0.2, 0.25) is 0 Å². The molecule has 3 rings (SSSR count). The number of fused-ring (bicyclic) bond motifs is 1. The van der Waals surface area contributed by atoms with E-state index in [1.807, 2.05) is 6.20 Å². The van der Waals surface area contributed by atoms with Gasteiger partial charge in [0.15, 0.2) is 5.82 Å². The van der Waals surface area contributed by atoms with Gasteiger partial charge in [0.05, 0.1) is 6.20 Å². The Morgan fingerprint density at radius 1 is 1.47 bits per heavy atom. The second kappa shape index (κ2) is 3.45. The summed E-state index contributed by atoms with van der Waals surface area (Å²) in [6.45, 7) is 5.47. The fourth-order valence-electron chi connectivity index (χ4n) is 2.72. The van der Waals surface area contributed by atoms with Crippen molar-refractivity contribution in [1.82, 2.24) is 15.5 Å². The topological polar surface area (TPSA) is 41.1 Å². The number of nitrogens with one attached hydrogen (secondary N) is 1. The molecule has 1 N–H and O–H groups in total. The van der Waals surface area contributed by atoms with Gasteiger partial charge in [-0.2, -0.15) is 5.10 Å². The average molecular weight is 204 g/mol. The Morgan fingerprint density at radius 2 is 2.40 bits per heavy atom. The van der Waals surface area contributed by atoms with Gasteiger partial charge in [-0.3, -0.25) is 0 Å². The van der Waals surface area contributed by atoms with Gasteiger partial charge in [-0.1, -0.05) is 0 Å². The van der Waals surface area contributed by atoms with E-state index in [0.29, 0.717) is 6.04 Å². The molecule has 0 unspecified atom stereocenters. The van der Waals surface area contributed by atoms with E-state index in [0.717, 1.165) is 24.8 Å². The molecule has 2 atom stereocenters. The molecule has 0 aliphatic carbocycles. The van der Waals surface area contributed by atoms with E-state index >= 15 is 0 Å². The van der Waals surface area contributed by atoms with Crippen LogP contribution in [-0.2, 0) is 0 Å². The highest BCUT2D eigenvalue weighted by atomic mass is 15.3. The van der Waals surface area contributed by atoms with Crippen LogP contribution in [-0.4, -0.2) is 35.9 Å². The Bertz CT molecular complexity index is 365. The smallest absolute Gasteiger partial charge is 0.151 e. The lowest BCUT2D eigenvalue weighted by molar-refractivity contribution is 0.576. The number of aromatic nitrogens is 2. The van der Waals surface area contributed by atoms with Crippen LogP contribution in [0.5, 0.6) is 0 Å². The van der Waals surface area contributed by atoms with Gasteiger partial charge in [0.25, 0.3) is 0 Å². The minimum absolute atomic E-state index is 0.640. The molecular weight excluding hydrogens is 188 g/mol. The van der Waals surface area contributed by atoms with Gasteiger partial charge < -0.3 is 10.2 Å². The first-order valence-electron chi connectivity index (χ1n) is 5.61. The quantitative estimate of drug-likeness (QED) is 0.726. The number of hydrogen-bond acceptors (Lipinski definition) is 4. The van der Waals surface area contributed by atoms with E-state index < -0.39 is 0 Å². The van der Waals surface area contributed by atoms with Crippen LogP contribution in [0.3, 0.4) is 0 Å². The summed E-state index contributed by atoms with van der Waals surface area (Å²) >= 11 is 0. The van der Waals surface area contributed by atoms with Gasteiger partial charge in [-0.15, -0.1) is 5.10 Å². The van der Waals surface area contributed by atoms with Crippen LogP contribution in [0.4, 0.5) is 5.82 Å². The maximum Gasteiger partial charge on any atom is 0.151 e. The molecule has 0 radical (unpaired) electrons. The predicted molar refractivity (Wildman–Crippen MR) is 58.9 cm³/mol. The number of aryl methyl sites for hydroxylation is 1. The van der Waals surface area contributed by atoms with Crippen molar-refractivity contribution in [3.63, 3.8) is 0 Å². The summed E-state index contributed by atoms with van der Waals surface area (Å²) < 4.78 is 0. The van der Waals surface area contributed by atoms with Gasteiger partial charge in [-0.05, 0) is 30.9 Å². The van der Waals surface area contributed by atoms with E-state index in [9.17, 15) is 0 Å². The highest BCUT2D eigenvalue weighted by Crippen LogP contribution is 2.30. The first-order chi connectivity index (χ1) is 7.34. The summed E-state index contributed by atoms with van der Waals surface area (Å²) in [6, 6.07) is 2.77. The summed E-state index contributed by atoms with van der Waals surface area (Å²) in [5.41, 5.74) is 1.19. The predicted octanol–water partition coefficient (Wildman–Crippen LogP) is 0.583. The molecule has 0 amide bonds. The zero-order chi connectivity index (χ0) is 10.3. The van der Waals surface area contributed by atoms with Crippen LogP contribution < -0.4 is 10.2 Å². The molecule has 4 heteroatoms. The van der Waals surface area contributed by atoms with Crippen LogP contribution in [0.2, 0.25) is 0 Å². The molecule has 0 bridgehead atoms. The average Bonchev–Trinajstić information content (AvgIpc) is 2.77. The molecule has 2 fully saturated rings. The van der Waals surface area contributed by atoms with Crippen molar-refractivity contribution in [2.24, 2.45) is 5.92 Å². The van der Waals surface area contributed by atoms with Crippen molar-refractivity contribution >= 4 is 5.82 Å². The van der Waals surface area contributed by atoms with Crippen molar-refractivity contribution < 1.29 is 0 Å². The van der Waals surface area contributed by atoms with Crippen LogP contribution >= 0.6 is 0 Å². The third kappa shape index (κ3) is 1.49. The molecule has 4 nitrogen and oxygen atoms in total. The molecule has 1 aromatic rings. The maximum absolute atomic E-state index is 4.23. The molecule has 2 saturated heterocycles. The first kappa shape index (κ1) is 9.09. The zero-order valence-electron chi connectivity index (χ0n) is 8.98. The molecule has 2 aliphatic rings. The molecule has 2 aliphatic heterocycles. The highest BCUT2D eigenvalue weighted by molar-refractivity contribution is 5.42. The highest BCUT2D eigenvalue weighted by Gasteiger charge is 2.38. The lowest BCUT2D eigenvalue weighted by Gasteiger charge is -2.23. The largest absolute Gasteiger partial charge is 0.351 e. The van der Waals surface area contributed by atoms with Crippen LogP contribution in [0.1, 0.15) is 12.0 Å². The molecular formula is C11H16N4. The van der Waals surface area contributed by atoms with E-state index in [1.165, 1.54) is 18.5 Å². The van der Waals surface area contributed by atoms with Crippen molar-refractivity contribution in [3.8, 4) is 0 Å². The minimum Gasteiger partial charge on any atom is -0.351 e. The Balaban J connectivity index is 1.88. The Kier molecular flexibility index (Phi) is 2.09. The normalized spacial score (nSPS) is 29.5. The summed E-state index contributed by atoms with van der Waals surface area (Å²) in [4.78, 5) is 2.41. The molecule has 15 heavy (non-hydrogen) atoms. The summed E-state index contributed by atoms with van der Waals surface area (Å²) in [5.74, 6) is 1.86. The molecule has 1 aromatic heterocycles. The molecule has 0 saturated carbocycles. The molecule has 0 spiro atoms. The third-order valence-corrected chi connectivity index (χ3v) is 3.52. The molecule has 3 heterocycles. The first-order valence-corrected chi connectivity index (χ1v) is 5.61. The van der Waals surface area contributed by atoms with Crippen LogP contribution in [0, 0.1) is 12.8 Å². The number of rotatable bonds is 1. The van der Waals surface area contributed by atoms with Gasteiger partial charge in [0, 0.05) is 25.7 Å². The van der Waals surface area contributed by atoms with Crippen molar-refractivity contribution in [2.45, 2.75) is 19.4 Å². The standard InChI is InChI=1S/C11H16N4/c1-8-4-11(14-13-5-8)15-3-2-9-6-12-7-10(9)15/h4-5,9-10,12H,2-3,6-7H2,1H3/t9-,10+/m0/s1. The molecule has 0 aromatic carbocycles. The van der Waals surface area contributed by atoms with Crippen molar-refractivity contribution in [2.75, 3.05) is 24.5 Å². The maximum atomic E-state index is 4.23. The number of hydrogen-bond donors (Lipinski definition) is 1. The number of anilines is 1. The minimum atomic E-state index is 0.640. The van der Waals surface area contributed by atoms with Crippen molar-refractivity contribution in [1.29, 1.82) is 0 Å². The monoisotopic (exact) mass is 204 g/mol. The van der Waals surface area contributed by atoms with Gasteiger partial charge >= 0.3 is 0 Å². The Hall–Kier alpha value is -1.16. The summed E-state index contributed by atoms with van der Waals surface area (Å²) in [6.07, 6.45) is 3.09. The fraction of sp³-hybridized carbons (Fsp3) is 0.636. The third-order valence-electron chi connectivity index (χ3n) is 3.52. The SMILES string of the molecule is Cc1cnnc(N2CC[C@H]3CNC[C@H]32)c1. The zero-order valence-corrected chi connectivity index (χ0v) is 8.98. The van der Waals surface area contributed by atoms with E-state index in [-0.39, 0.29) is 0 Å². The fourth-order valence-corrected chi connectivity index (χ4v) is 2.72. The van der Waals surface area contributed by atoms with Gasteiger partial charge in [0.1, 0.15) is 0 Å². The summed E-state index contributed by atoms with van der Waals surface area (Å²) in [7, 11) is 0. The van der Waals surface area contributed by atoms with Gasteiger partial charge in [-0.25, -0.2) is 0 Å². The van der Waals surface area contributed by atoms with E-state index in [2.05, 4.69) is 33.4 Å². The lowest BCUT2D eigenvalue weighted by Crippen LogP contribution is -2.34. The second-order valence-electron chi connectivity index (χ2n) is 4.56. The Labute approximate surface area is 89.7 Å². The molecule has 80 valence electrons. The van der Waals surface area contributed by atoms with Crippen LogP contribution in [0.15, 0.2) is 12.3 Å². The second-order valence-corrected chi connectivity index (χ2v) is 4.56. The van der Waals surface area contributed by atoms with E-state index in [4.69, 9.17) is 0 Å². The number of nitrogens with zero attached hydrogens (tertiary/aromatic N) is 3. The van der Waals surface area contributed by atoms with Crippen molar-refractivity contribution in [3.05, 3.63) is 17.8 Å². The lowest BCUT2D eigenvalue weighted by atomic mass is 10.1. The van der Waals surface area contributed by atoms with E-state index in [1.54, 1.807) is 0 Å². The van der Waals surface area contributed by atoms with Crippen LogP contribution in [0.25, 0.3) is 0 Å². The summed E-state index contributed by atoms with van der Waals surface area (Å²) in [5, 5.41) is 11.7. The Morgan fingerprint density at radius 3 is 3.27 bits per heavy atom.